The van der Waals surface area contributed by atoms with Gasteiger partial charge in [-0.2, -0.15) is 14.7 Å². The first kappa shape index (κ1) is 32.4. The standard InChI is InChI=1S/C30H41ClN4O3S/c1-7-8-9-10-11-12-15-37-27-14-13-24(30(5,6)21-29(2,3)4)18-28(27)38-39(36)35-34-26-17-23(20-33)22(19-32)16-25(26)31/h13-14,16-18,34-35H,7-12,15,21H2,1-6H3. The van der Waals surface area contributed by atoms with Gasteiger partial charge >= 0.3 is 11.3 Å². The van der Waals surface area contributed by atoms with Gasteiger partial charge in [0, 0.05) is 0 Å². The van der Waals surface area contributed by atoms with Crippen molar-refractivity contribution in [3.63, 3.8) is 0 Å². The minimum absolute atomic E-state index is 0.119. The summed E-state index contributed by atoms with van der Waals surface area (Å²) in [4.78, 5) is 2.56. The van der Waals surface area contributed by atoms with Crippen LogP contribution in [0.25, 0.3) is 0 Å². The number of hydrazine groups is 1. The van der Waals surface area contributed by atoms with Crippen molar-refractivity contribution in [2.45, 2.75) is 91.9 Å². The zero-order valence-electron chi connectivity index (χ0n) is 23.9. The van der Waals surface area contributed by atoms with Crippen LogP contribution < -0.4 is 19.2 Å². The van der Waals surface area contributed by atoms with E-state index in [1.165, 1.54) is 37.8 Å². The Kier molecular flexibility index (Phi) is 12.6. The molecule has 2 N–H and O–H groups in total. The van der Waals surface area contributed by atoms with Crippen LogP contribution >= 0.6 is 11.6 Å². The Morgan fingerprint density at radius 3 is 2.21 bits per heavy atom. The van der Waals surface area contributed by atoms with E-state index in [1.807, 2.05) is 30.3 Å². The minimum atomic E-state index is -2.02. The summed E-state index contributed by atoms with van der Waals surface area (Å²) in [5.41, 5.74) is 4.35. The second-order valence-corrected chi connectivity index (χ2v) is 12.8. The van der Waals surface area contributed by atoms with Gasteiger partial charge in [-0.05, 0) is 53.5 Å². The fourth-order valence-corrected chi connectivity index (χ4v) is 5.40. The number of unbranched alkanes of at least 4 members (excludes halogenated alkanes) is 5. The maximum absolute atomic E-state index is 12.9. The van der Waals surface area contributed by atoms with Gasteiger partial charge in [-0.25, -0.2) is 0 Å². The SMILES string of the molecule is CCCCCCCCOc1ccc(C(C)(C)CC(C)(C)C)cc1OS(=O)NNc1cc(C#N)c(C#N)cc1Cl. The number of nitriles is 2. The van der Waals surface area contributed by atoms with Gasteiger partial charge < -0.3 is 14.3 Å². The van der Waals surface area contributed by atoms with Gasteiger partial charge in [0.25, 0.3) is 0 Å². The molecule has 0 heterocycles. The number of hydrogen-bond acceptors (Lipinski definition) is 6. The maximum Gasteiger partial charge on any atom is 0.306 e. The van der Waals surface area contributed by atoms with Crippen molar-refractivity contribution >= 4 is 28.6 Å². The predicted molar refractivity (Wildman–Crippen MR) is 159 cm³/mol. The normalized spacial score (nSPS) is 12.3. The molecule has 2 aromatic carbocycles. The van der Waals surface area contributed by atoms with E-state index < -0.39 is 11.3 Å². The molecule has 2 aromatic rings. The Labute approximate surface area is 241 Å². The van der Waals surface area contributed by atoms with Crippen molar-refractivity contribution in [1.82, 2.24) is 4.83 Å². The number of nitrogens with one attached hydrogen (secondary N) is 2. The predicted octanol–water partition coefficient (Wildman–Crippen LogP) is 8.11. The third-order valence-electron chi connectivity index (χ3n) is 6.24. The van der Waals surface area contributed by atoms with E-state index in [-0.39, 0.29) is 27.0 Å². The summed E-state index contributed by atoms with van der Waals surface area (Å²) in [5.74, 6) is 0.897. The highest BCUT2D eigenvalue weighted by molar-refractivity contribution is 7.78. The van der Waals surface area contributed by atoms with Crippen LogP contribution in [0.15, 0.2) is 30.3 Å². The number of hydrogen-bond donors (Lipinski definition) is 2. The third-order valence-corrected chi connectivity index (χ3v) is 7.15. The zero-order valence-corrected chi connectivity index (χ0v) is 25.5. The highest BCUT2D eigenvalue weighted by Gasteiger charge is 2.28. The summed E-state index contributed by atoms with van der Waals surface area (Å²) in [6.45, 7) is 13.7. The van der Waals surface area contributed by atoms with E-state index >= 15 is 0 Å². The Hall–Kier alpha value is -2.78. The first-order chi connectivity index (χ1) is 18.4. The molecule has 7 nitrogen and oxygen atoms in total. The largest absolute Gasteiger partial charge is 0.490 e. The van der Waals surface area contributed by atoms with Crippen LogP contribution in [0, 0.1) is 28.1 Å². The number of rotatable bonds is 15. The van der Waals surface area contributed by atoms with Crippen molar-refractivity contribution in [2.24, 2.45) is 5.41 Å². The molecule has 0 aliphatic heterocycles. The molecule has 0 bridgehead atoms. The second kappa shape index (κ2) is 15.1. The molecular formula is C30H41ClN4O3S. The fourth-order valence-electron chi connectivity index (χ4n) is 4.66. The summed E-state index contributed by atoms with van der Waals surface area (Å²) < 4.78 is 24.7. The molecule has 0 aliphatic rings. The molecule has 0 saturated carbocycles. The molecule has 212 valence electrons. The van der Waals surface area contributed by atoms with Crippen LogP contribution in [0.4, 0.5) is 5.69 Å². The second-order valence-electron chi connectivity index (χ2n) is 11.5. The Balaban J connectivity index is 2.18. The van der Waals surface area contributed by atoms with Gasteiger partial charge in [0.05, 0.1) is 28.4 Å². The number of benzene rings is 2. The van der Waals surface area contributed by atoms with Crippen molar-refractivity contribution < 1.29 is 13.1 Å². The lowest BCUT2D eigenvalue weighted by atomic mass is 9.72. The molecule has 0 amide bonds. The first-order valence-corrected chi connectivity index (χ1v) is 14.9. The van der Waals surface area contributed by atoms with E-state index in [0.29, 0.717) is 23.8 Å². The molecule has 0 radical (unpaired) electrons. The van der Waals surface area contributed by atoms with Crippen molar-refractivity contribution in [1.29, 1.82) is 10.5 Å². The highest BCUT2D eigenvalue weighted by Crippen LogP contribution is 2.40. The van der Waals surface area contributed by atoms with Crippen LogP contribution in [-0.2, 0) is 16.7 Å². The quantitative estimate of drug-likeness (QED) is 0.165. The van der Waals surface area contributed by atoms with Crippen molar-refractivity contribution in [3.8, 4) is 23.6 Å². The molecular weight excluding hydrogens is 532 g/mol. The first-order valence-electron chi connectivity index (χ1n) is 13.4. The monoisotopic (exact) mass is 572 g/mol. The van der Waals surface area contributed by atoms with Crippen LogP contribution in [0.5, 0.6) is 11.5 Å². The molecule has 0 fully saturated rings. The molecule has 0 spiro atoms. The number of anilines is 1. The zero-order chi connectivity index (χ0) is 29.1. The Morgan fingerprint density at radius 1 is 0.923 bits per heavy atom. The van der Waals surface area contributed by atoms with Crippen molar-refractivity contribution in [3.05, 3.63) is 52.0 Å². The topological polar surface area (TPSA) is 107 Å². The average Bonchev–Trinajstić information content (AvgIpc) is 2.86. The molecule has 9 heteroatoms. The molecule has 0 saturated heterocycles. The maximum atomic E-state index is 12.9. The van der Waals surface area contributed by atoms with Gasteiger partial charge in [0.2, 0.25) is 0 Å². The number of nitrogens with zero attached hydrogens (tertiary/aromatic N) is 2. The third kappa shape index (κ3) is 10.7. The lowest BCUT2D eigenvalue weighted by molar-refractivity contribution is 0.281. The Morgan fingerprint density at radius 2 is 1.56 bits per heavy atom. The summed E-state index contributed by atoms with van der Waals surface area (Å²) >= 11 is 4.20. The van der Waals surface area contributed by atoms with Crippen LogP contribution in [-0.4, -0.2) is 10.8 Å². The van der Waals surface area contributed by atoms with E-state index in [9.17, 15) is 9.47 Å². The Bertz CT molecular complexity index is 1210. The molecule has 39 heavy (non-hydrogen) atoms. The van der Waals surface area contributed by atoms with E-state index in [1.54, 1.807) is 0 Å². The van der Waals surface area contributed by atoms with Gasteiger partial charge in [0.1, 0.15) is 12.1 Å². The highest BCUT2D eigenvalue weighted by atomic mass is 35.5. The smallest absolute Gasteiger partial charge is 0.306 e. The van der Waals surface area contributed by atoms with Gasteiger partial charge in [-0.3, -0.25) is 0 Å². The van der Waals surface area contributed by atoms with E-state index in [2.05, 4.69) is 51.8 Å². The summed E-state index contributed by atoms with van der Waals surface area (Å²) in [5, 5.41) is 18.6. The summed E-state index contributed by atoms with van der Waals surface area (Å²) in [6.07, 6.45) is 7.86. The fraction of sp³-hybridized carbons (Fsp3) is 0.533. The number of halogens is 1. The molecule has 2 rings (SSSR count). The average molecular weight is 573 g/mol. The molecule has 1 unspecified atom stereocenters. The van der Waals surface area contributed by atoms with Gasteiger partial charge in [-0.1, -0.05) is 91.3 Å². The van der Waals surface area contributed by atoms with E-state index in [4.69, 9.17) is 25.8 Å². The van der Waals surface area contributed by atoms with Crippen LogP contribution in [0.3, 0.4) is 0 Å². The van der Waals surface area contributed by atoms with Gasteiger partial charge in [0.15, 0.2) is 11.5 Å². The molecule has 0 aromatic heterocycles. The van der Waals surface area contributed by atoms with Crippen LogP contribution in [0.2, 0.25) is 5.02 Å². The summed E-state index contributed by atoms with van der Waals surface area (Å²) in [6, 6.07) is 12.5. The molecule has 1 atom stereocenters. The van der Waals surface area contributed by atoms with Crippen molar-refractivity contribution in [2.75, 3.05) is 12.0 Å². The van der Waals surface area contributed by atoms with E-state index in [0.717, 1.165) is 24.8 Å². The van der Waals surface area contributed by atoms with Gasteiger partial charge in [-0.15, -0.1) is 4.83 Å². The summed E-state index contributed by atoms with van der Waals surface area (Å²) in [7, 11) is 0. The van der Waals surface area contributed by atoms with Crippen LogP contribution in [0.1, 0.15) is 103 Å². The lowest BCUT2D eigenvalue weighted by Crippen LogP contribution is -2.28. The number of ether oxygens (including phenoxy) is 1. The molecule has 0 aliphatic carbocycles. The minimum Gasteiger partial charge on any atom is -0.490 e. The lowest BCUT2D eigenvalue weighted by Gasteiger charge is -2.33.